The van der Waals surface area contributed by atoms with Crippen molar-refractivity contribution in [2.24, 2.45) is 0 Å². The van der Waals surface area contributed by atoms with Gasteiger partial charge in [0.1, 0.15) is 0 Å². The Hall–Kier alpha value is 0.870. The fraction of sp³-hybridized carbons (Fsp3) is 0.889. The second kappa shape index (κ2) is 12.9. The normalized spacial score (nSPS) is 10.3. The van der Waals surface area contributed by atoms with E-state index in [9.17, 15) is 4.79 Å². The van der Waals surface area contributed by atoms with Crippen LogP contribution in [0.4, 0.5) is 0 Å². The first-order chi connectivity index (χ1) is 7.31. The van der Waals surface area contributed by atoms with E-state index in [1.807, 2.05) is 39.3 Å². The van der Waals surface area contributed by atoms with E-state index < -0.39 is 0 Å². The SMILES string of the molecule is CCCC(=O)NCSSCCCSSC. The Kier molecular flexibility index (Phi) is 13.7. The summed E-state index contributed by atoms with van der Waals surface area (Å²) in [5.74, 6) is 3.29. The van der Waals surface area contributed by atoms with E-state index in [2.05, 4.69) is 11.6 Å². The van der Waals surface area contributed by atoms with Crippen molar-refractivity contribution >= 4 is 49.1 Å². The van der Waals surface area contributed by atoms with Crippen LogP contribution in [-0.4, -0.2) is 29.5 Å². The molecule has 0 fully saturated rings. The number of hydrogen-bond acceptors (Lipinski definition) is 5. The minimum atomic E-state index is 0.170. The van der Waals surface area contributed by atoms with Crippen molar-refractivity contribution in [1.82, 2.24) is 5.32 Å². The van der Waals surface area contributed by atoms with Crippen LogP contribution < -0.4 is 5.32 Å². The minimum absolute atomic E-state index is 0.170. The average Bonchev–Trinajstić information content (AvgIpc) is 2.22. The topological polar surface area (TPSA) is 29.1 Å². The molecule has 0 aromatic carbocycles. The number of carbonyl (C=O) groups excluding carboxylic acids is 1. The Labute approximate surface area is 109 Å². The molecule has 2 nitrogen and oxygen atoms in total. The van der Waals surface area contributed by atoms with Gasteiger partial charge in [-0.25, -0.2) is 0 Å². The highest BCUT2D eigenvalue weighted by atomic mass is 33.1. The molecule has 90 valence electrons. The summed E-state index contributed by atoms with van der Waals surface area (Å²) in [6, 6.07) is 0. The minimum Gasteiger partial charge on any atom is -0.346 e. The predicted molar refractivity (Wildman–Crippen MR) is 78.6 cm³/mol. The van der Waals surface area contributed by atoms with Crippen molar-refractivity contribution in [3.63, 3.8) is 0 Å². The highest BCUT2D eigenvalue weighted by Crippen LogP contribution is 2.23. The van der Waals surface area contributed by atoms with Gasteiger partial charge >= 0.3 is 0 Å². The van der Waals surface area contributed by atoms with Crippen molar-refractivity contribution in [1.29, 1.82) is 0 Å². The Balaban J connectivity index is 3.01. The molecule has 0 radical (unpaired) electrons. The molecule has 0 atom stereocenters. The molecule has 1 N–H and O–H groups in total. The second-order valence-corrected chi connectivity index (χ2v) is 8.04. The molecular formula is C9H19NOS4. The van der Waals surface area contributed by atoms with Crippen LogP contribution >= 0.6 is 43.2 Å². The van der Waals surface area contributed by atoms with Gasteiger partial charge in [0.15, 0.2) is 0 Å². The van der Waals surface area contributed by atoms with Crippen LogP contribution in [0.5, 0.6) is 0 Å². The molecule has 0 heterocycles. The molecule has 0 bridgehead atoms. The standard InChI is InChI=1S/C9H19NOS4/c1-3-5-9(11)10-8-15-14-7-4-6-13-12-2/h3-8H2,1-2H3,(H,10,11). The smallest absolute Gasteiger partial charge is 0.220 e. The van der Waals surface area contributed by atoms with Gasteiger partial charge in [-0.1, -0.05) is 50.1 Å². The Morgan fingerprint density at radius 3 is 2.60 bits per heavy atom. The van der Waals surface area contributed by atoms with Crippen LogP contribution in [0, 0.1) is 0 Å². The van der Waals surface area contributed by atoms with E-state index in [1.54, 1.807) is 10.8 Å². The first-order valence-corrected chi connectivity index (χ1v) is 10.2. The lowest BCUT2D eigenvalue weighted by atomic mass is 10.3. The third-order valence-electron chi connectivity index (χ3n) is 1.46. The van der Waals surface area contributed by atoms with Gasteiger partial charge in [0.25, 0.3) is 0 Å². The molecule has 15 heavy (non-hydrogen) atoms. The van der Waals surface area contributed by atoms with Gasteiger partial charge < -0.3 is 5.32 Å². The van der Waals surface area contributed by atoms with Crippen molar-refractivity contribution in [2.45, 2.75) is 26.2 Å². The van der Waals surface area contributed by atoms with E-state index in [-0.39, 0.29) is 5.91 Å². The molecule has 0 rings (SSSR count). The maximum Gasteiger partial charge on any atom is 0.220 e. The Morgan fingerprint density at radius 1 is 1.20 bits per heavy atom. The largest absolute Gasteiger partial charge is 0.346 e. The first kappa shape index (κ1) is 15.9. The van der Waals surface area contributed by atoms with Crippen LogP contribution in [-0.2, 0) is 4.79 Å². The van der Waals surface area contributed by atoms with E-state index in [0.717, 1.165) is 12.3 Å². The molecule has 0 aliphatic rings. The van der Waals surface area contributed by atoms with Crippen molar-refractivity contribution in [3.8, 4) is 0 Å². The Morgan fingerprint density at radius 2 is 1.93 bits per heavy atom. The highest BCUT2D eigenvalue weighted by Gasteiger charge is 1.97. The zero-order chi connectivity index (χ0) is 11.4. The third kappa shape index (κ3) is 12.8. The van der Waals surface area contributed by atoms with Crippen LogP contribution in [0.1, 0.15) is 26.2 Å². The quantitative estimate of drug-likeness (QED) is 0.376. The maximum absolute atomic E-state index is 11.1. The molecule has 0 saturated heterocycles. The molecule has 1 amide bonds. The van der Waals surface area contributed by atoms with Gasteiger partial charge in [-0.15, -0.1) is 0 Å². The molecule has 0 unspecified atom stereocenters. The molecular weight excluding hydrogens is 266 g/mol. The first-order valence-electron chi connectivity index (χ1n) is 4.98. The van der Waals surface area contributed by atoms with Crippen molar-refractivity contribution < 1.29 is 4.79 Å². The molecule has 0 aliphatic carbocycles. The van der Waals surface area contributed by atoms with Gasteiger partial charge in [-0.3, -0.25) is 4.79 Å². The summed E-state index contributed by atoms with van der Waals surface area (Å²) in [7, 11) is 7.31. The summed E-state index contributed by atoms with van der Waals surface area (Å²) in [4.78, 5) is 11.1. The molecule has 0 saturated carbocycles. The monoisotopic (exact) mass is 285 g/mol. The fourth-order valence-electron chi connectivity index (χ4n) is 0.786. The summed E-state index contributed by atoms with van der Waals surface area (Å²) < 4.78 is 0. The van der Waals surface area contributed by atoms with Gasteiger partial charge in [0.2, 0.25) is 5.91 Å². The van der Waals surface area contributed by atoms with Crippen LogP contribution in [0.25, 0.3) is 0 Å². The third-order valence-corrected chi connectivity index (χ3v) is 5.60. The number of amides is 1. The van der Waals surface area contributed by atoms with Gasteiger partial charge in [-0.05, 0) is 19.1 Å². The molecule has 6 heteroatoms. The van der Waals surface area contributed by atoms with Gasteiger partial charge in [0.05, 0.1) is 5.88 Å². The lowest BCUT2D eigenvalue weighted by molar-refractivity contribution is -0.120. The molecule has 0 spiro atoms. The van der Waals surface area contributed by atoms with Gasteiger partial charge in [0, 0.05) is 17.9 Å². The van der Waals surface area contributed by atoms with Crippen molar-refractivity contribution in [3.05, 3.63) is 0 Å². The van der Waals surface area contributed by atoms with E-state index in [0.29, 0.717) is 6.42 Å². The van der Waals surface area contributed by atoms with Crippen molar-refractivity contribution in [2.75, 3.05) is 23.6 Å². The molecule has 0 aromatic rings. The summed E-state index contributed by atoms with van der Waals surface area (Å²) in [6.45, 7) is 2.02. The lowest BCUT2D eigenvalue weighted by Crippen LogP contribution is -2.21. The fourth-order valence-corrected chi connectivity index (χ4v) is 4.07. The number of carbonyl (C=O) groups is 1. The van der Waals surface area contributed by atoms with E-state index in [4.69, 9.17) is 0 Å². The summed E-state index contributed by atoms with van der Waals surface area (Å²) >= 11 is 0. The highest BCUT2D eigenvalue weighted by molar-refractivity contribution is 8.77. The maximum atomic E-state index is 11.1. The number of rotatable bonds is 10. The zero-order valence-corrected chi connectivity index (χ0v) is 12.5. The zero-order valence-electron chi connectivity index (χ0n) is 9.28. The number of nitrogens with one attached hydrogen (secondary N) is 1. The second-order valence-electron chi connectivity index (χ2n) is 2.78. The molecule has 0 aromatic heterocycles. The Bertz CT molecular complexity index is 157. The van der Waals surface area contributed by atoms with E-state index in [1.165, 1.54) is 17.9 Å². The van der Waals surface area contributed by atoms with Crippen LogP contribution in [0.15, 0.2) is 0 Å². The van der Waals surface area contributed by atoms with E-state index >= 15 is 0 Å². The average molecular weight is 286 g/mol. The predicted octanol–water partition coefficient (Wildman–Crippen LogP) is 3.64. The van der Waals surface area contributed by atoms with Crippen LogP contribution in [0.3, 0.4) is 0 Å². The molecule has 0 aliphatic heterocycles. The summed E-state index contributed by atoms with van der Waals surface area (Å²) in [6.07, 6.45) is 4.92. The summed E-state index contributed by atoms with van der Waals surface area (Å²) in [5, 5.41) is 2.88. The lowest BCUT2D eigenvalue weighted by Gasteiger charge is -2.03. The summed E-state index contributed by atoms with van der Waals surface area (Å²) in [5.41, 5.74) is 0. The van der Waals surface area contributed by atoms with Gasteiger partial charge in [-0.2, -0.15) is 0 Å². The number of hydrogen-bond donors (Lipinski definition) is 1. The van der Waals surface area contributed by atoms with Crippen LogP contribution in [0.2, 0.25) is 0 Å².